The molecule has 3 saturated carbocycles. The number of anilines is 2. The first-order valence-corrected chi connectivity index (χ1v) is 36.8. The fraction of sp³-hybridized carbons (Fsp3) is 0.488. The van der Waals surface area contributed by atoms with Crippen LogP contribution in [0.15, 0.2) is 169 Å². The molecule has 6 aromatic carbocycles. The van der Waals surface area contributed by atoms with Crippen molar-refractivity contribution in [2.24, 2.45) is 46.3 Å². The number of amides is 4. The molecular weight excluding hydrogens is 1250 g/mol. The van der Waals surface area contributed by atoms with Crippen LogP contribution in [0.1, 0.15) is 172 Å². The van der Waals surface area contributed by atoms with E-state index >= 15 is 0 Å². The van der Waals surface area contributed by atoms with Gasteiger partial charge in [-0.3, -0.25) is 24.5 Å². The van der Waals surface area contributed by atoms with E-state index in [1.807, 2.05) is 60.7 Å². The molecule has 0 spiro atoms. The molecule has 0 aliphatic heterocycles. The predicted octanol–water partition coefficient (Wildman–Crippen LogP) is 15.6. The van der Waals surface area contributed by atoms with Crippen LogP contribution in [0, 0.1) is 46.3 Å². The predicted molar refractivity (Wildman–Crippen MR) is 395 cm³/mol. The molecule has 0 radical (unpaired) electrons. The van der Waals surface area contributed by atoms with Crippen LogP contribution < -0.4 is 46.5 Å². The van der Waals surface area contributed by atoms with Crippen molar-refractivity contribution < 1.29 is 47.7 Å². The number of fused-ring (bicyclic) bond motifs is 5. The lowest BCUT2D eigenvalue weighted by molar-refractivity contribution is -0.131. The van der Waals surface area contributed by atoms with Crippen LogP contribution in [0.2, 0.25) is 0 Å². The number of methoxy groups -OCH3 is 2. The molecule has 4 amide bonds. The number of hydrogen-bond donors (Lipinski definition) is 6. The zero-order valence-corrected chi connectivity index (χ0v) is 60.0. The van der Waals surface area contributed by atoms with Crippen molar-refractivity contribution in [1.82, 2.24) is 21.3 Å². The minimum absolute atomic E-state index is 0.0783. The van der Waals surface area contributed by atoms with E-state index < -0.39 is 41.5 Å². The maximum absolute atomic E-state index is 14.8. The lowest BCUT2D eigenvalue weighted by atomic mass is 9.47. The second kappa shape index (κ2) is 35.2. The highest BCUT2D eigenvalue weighted by molar-refractivity contribution is 5.98. The van der Waals surface area contributed by atoms with Crippen molar-refractivity contribution in [3.05, 3.63) is 197 Å². The molecule has 100 heavy (non-hydrogen) atoms. The molecule has 10 rings (SSSR count). The van der Waals surface area contributed by atoms with Crippen LogP contribution in [0.25, 0.3) is 0 Å². The second-order valence-corrected chi connectivity index (χ2v) is 29.5. The number of allylic oxidation sites excluding steroid dienone is 1. The van der Waals surface area contributed by atoms with E-state index in [1.54, 1.807) is 80.5 Å². The van der Waals surface area contributed by atoms with Gasteiger partial charge >= 0.3 is 6.16 Å². The van der Waals surface area contributed by atoms with Crippen LogP contribution in [-0.2, 0) is 47.2 Å². The van der Waals surface area contributed by atoms with Gasteiger partial charge in [-0.25, -0.2) is 4.79 Å². The average molecular weight is 1360 g/mol. The van der Waals surface area contributed by atoms with E-state index in [2.05, 4.69) is 104 Å². The lowest BCUT2D eigenvalue weighted by Crippen LogP contribution is -2.53. The average Bonchev–Trinajstić information content (AvgIpc) is 1.40. The summed E-state index contributed by atoms with van der Waals surface area (Å²) >= 11 is 0. The molecular formula is C84H108N6O10. The Labute approximate surface area is 593 Å². The van der Waals surface area contributed by atoms with Crippen LogP contribution in [0.5, 0.6) is 17.2 Å². The summed E-state index contributed by atoms with van der Waals surface area (Å²) in [5.41, 5.74) is 12.8. The maximum Gasteiger partial charge on any atom is 0.514 e. The molecule has 10 unspecified atom stereocenters. The molecule has 16 nitrogen and oxygen atoms in total. The molecule has 7 N–H and O–H groups in total. The van der Waals surface area contributed by atoms with Crippen molar-refractivity contribution >= 4 is 41.2 Å². The van der Waals surface area contributed by atoms with Gasteiger partial charge in [-0.2, -0.15) is 0 Å². The van der Waals surface area contributed by atoms with E-state index in [0.717, 1.165) is 76.4 Å². The van der Waals surface area contributed by atoms with Gasteiger partial charge in [-0.05, 0) is 218 Å². The summed E-state index contributed by atoms with van der Waals surface area (Å²) in [6.07, 6.45) is 17.8. The summed E-state index contributed by atoms with van der Waals surface area (Å²) in [4.78, 5) is 69.2. The third-order valence-electron chi connectivity index (χ3n) is 22.6. The SMILES string of the molecule is COc1ccc(CC(NC(=O)CCC(=O)NCCCOC2CCC3(C)C(=CCC4C3CCC3(C)C(C(C)CCCC(C)C)CCC43)C2)C(=O)NC(CCCCNC(c2ccccc2)(c2ccccc2)c2ccc(OC)cc2)C(=O)Nc2ccc(COC(=O)Oc3ccc(N)cc3)cc2)cc1. The largest absolute Gasteiger partial charge is 0.514 e. The summed E-state index contributed by atoms with van der Waals surface area (Å²) < 4.78 is 28.2. The molecule has 6 aromatic rings. The number of hydrogen-bond acceptors (Lipinski definition) is 12. The summed E-state index contributed by atoms with van der Waals surface area (Å²) in [5.74, 6) is 4.68. The van der Waals surface area contributed by atoms with E-state index in [9.17, 15) is 24.0 Å². The van der Waals surface area contributed by atoms with Crippen LogP contribution >= 0.6 is 0 Å². The Morgan fingerprint density at radius 1 is 0.600 bits per heavy atom. The van der Waals surface area contributed by atoms with Gasteiger partial charge in [-0.15, -0.1) is 0 Å². The lowest BCUT2D eigenvalue weighted by Gasteiger charge is -2.58. The molecule has 10 atom stereocenters. The van der Waals surface area contributed by atoms with Crippen molar-refractivity contribution in [3.8, 4) is 17.2 Å². The number of rotatable bonds is 34. The molecule has 16 heteroatoms. The summed E-state index contributed by atoms with van der Waals surface area (Å²) in [7, 11) is 3.22. The first-order chi connectivity index (χ1) is 48.4. The van der Waals surface area contributed by atoms with Gasteiger partial charge in [0.2, 0.25) is 23.6 Å². The highest BCUT2D eigenvalue weighted by atomic mass is 16.7. The Bertz CT molecular complexity index is 3600. The normalized spacial score (nSPS) is 21.7. The molecule has 0 saturated heterocycles. The van der Waals surface area contributed by atoms with Gasteiger partial charge in [0, 0.05) is 43.8 Å². The summed E-state index contributed by atoms with van der Waals surface area (Å²) in [5, 5.41) is 15.9. The number of benzene rings is 6. The Kier molecular flexibility index (Phi) is 26.1. The van der Waals surface area contributed by atoms with Gasteiger partial charge in [-0.1, -0.05) is 163 Å². The number of nitrogen functional groups attached to an aromatic ring is 1. The topological polar surface area (TPSA) is 218 Å². The Morgan fingerprint density at radius 3 is 1.91 bits per heavy atom. The standard InChI is InChI=1S/C84H108N6O10/c1-57(2)18-16-19-58(3)72-43-44-73-71-42-31-64-55-70(47-49-82(64,4)74(71)48-50-83(72,73)5)98-53-17-51-86-77(91)45-46-78(92)89-76(54-59-27-36-67(96-6)37-28-59)80(94)90-75(79(93)88-66-34-25-60(26-35-66)56-99-81(95)100-69-40-32-65(85)33-41-69)24-14-15-52-87-84(61-20-10-8-11-21-61,62-22-12-9-13-23-62)63-29-38-68(97-7)39-30-63/h8-13,20-23,25-41,57-58,70-76,87H,14-19,24,42-56,85H2,1-7H3,(H,86,91)(H,88,93)(H,89,92)(H,90,94). The summed E-state index contributed by atoms with van der Waals surface area (Å²) in [6.45, 7) is 13.9. The van der Waals surface area contributed by atoms with Crippen molar-refractivity contribution in [2.45, 2.75) is 181 Å². The second-order valence-electron chi connectivity index (χ2n) is 29.5. The van der Waals surface area contributed by atoms with E-state index in [0.29, 0.717) is 67.1 Å². The van der Waals surface area contributed by atoms with Gasteiger partial charge in [0.15, 0.2) is 0 Å². The zero-order chi connectivity index (χ0) is 70.7. The number of nitrogens with one attached hydrogen (secondary N) is 5. The highest BCUT2D eigenvalue weighted by Crippen LogP contribution is 2.67. The third kappa shape index (κ3) is 18.9. The Hall–Kier alpha value is -8.47. The quantitative estimate of drug-likeness (QED) is 0.00555. The molecule has 0 heterocycles. The van der Waals surface area contributed by atoms with Crippen LogP contribution in [0.3, 0.4) is 0 Å². The molecule has 4 aliphatic rings. The monoisotopic (exact) mass is 1360 g/mol. The molecule has 4 aliphatic carbocycles. The third-order valence-corrected chi connectivity index (χ3v) is 22.6. The van der Waals surface area contributed by atoms with Crippen LogP contribution in [0.4, 0.5) is 16.2 Å². The molecule has 0 bridgehead atoms. The van der Waals surface area contributed by atoms with Crippen molar-refractivity contribution in [2.75, 3.05) is 45.0 Å². The van der Waals surface area contributed by atoms with Gasteiger partial charge in [0.25, 0.3) is 0 Å². The van der Waals surface area contributed by atoms with Crippen molar-refractivity contribution in [3.63, 3.8) is 0 Å². The van der Waals surface area contributed by atoms with E-state index in [-0.39, 0.29) is 55.5 Å². The number of carbonyl (C=O) groups excluding carboxylic acids is 5. The first-order valence-electron chi connectivity index (χ1n) is 36.8. The molecule has 0 aromatic heterocycles. The van der Waals surface area contributed by atoms with Crippen molar-refractivity contribution in [1.29, 1.82) is 0 Å². The highest BCUT2D eigenvalue weighted by Gasteiger charge is 2.59. The number of nitrogens with two attached hydrogens (primary N) is 1. The number of unbranched alkanes of at least 4 members (excludes halogenated alkanes) is 1. The van der Waals surface area contributed by atoms with E-state index in [4.69, 9.17) is 29.4 Å². The molecule has 534 valence electrons. The minimum Gasteiger partial charge on any atom is -0.497 e. The smallest absolute Gasteiger partial charge is 0.497 e. The van der Waals surface area contributed by atoms with Gasteiger partial charge in [0.1, 0.15) is 35.9 Å². The van der Waals surface area contributed by atoms with Gasteiger partial charge < -0.3 is 50.7 Å². The Morgan fingerprint density at radius 2 is 1.24 bits per heavy atom. The molecule has 3 fully saturated rings. The number of ether oxygens (including phenoxy) is 5. The van der Waals surface area contributed by atoms with Gasteiger partial charge in [0.05, 0.1) is 25.9 Å². The Balaban J connectivity index is 0.746. The maximum atomic E-state index is 14.8. The number of carbonyl (C=O) groups is 5. The summed E-state index contributed by atoms with van der Waals surface area (Å²) in [6, 6.07) is 46.8. The zero-order valence-electron chi connectivity index (χ0n) is 60.0. The first kappa shape index (κ1) is 74.2. The fourth-order valence-corrected chi connectivity index (χ4v) is 17.2. The fourth-order valence-electron chi connectivity index (χ4n) is 17.2. The van der Waals surface area contributed by atoms with Crippen LogP contribution in [-0.4, -0.2) is 81.9 Å². The van der Waals surface area contributed by atoms with E-state index in [1.165, 1.54) is 57.8 Å². The minimum atomic E-state index is -1.12.